The molecule has 0 saturated heterocycles. The minimum Gasteiger partial charge on any atom is -0.462 e. The minimum atomic E-state index is -0.442. The minimum absolute atomic E-state index is 0.0839. The molecular formula is C27H34N2O5. The zero-order valence-corrected chi connectivity index (χ0v) is 19.7. The summed E-state index contributed by atoms with van der Waals surface area (Å²) in [5.74, 6) is -0.222. The first-order valence-corrected chi connectivity index (χ1v) is 11.9. The first kappa shape index (κ1) is 25.3. The molecule has 1 aliphatic carbocycles. The molecule has 1 aliphatic rings. The number of nitrogen functional groups attached to an aromatic ring is 2. The van der Waals surface area contributed by atoms with Gasteiger partial charge in [-0.15, -0.1) is 0 Å². The Morgan fingerprint density at radius 3 is 2.41 bits per heavy atom. The topological polar surface area (TPSA) is 114 Å². The summed E-state index contributed by atoms with van der Waals surface area (Å²) in [6.45, 7) is 3.09. The molecule has 4 N–H and O–H groups in total. The number of anilines is 2. The fourth-order valence-electron chi connectivity index (χ4n) is 3.91. The molecule has 0 radical (unpaired) electrons. The lowest BCUT2D eigenvalue weighted by atomic mass is 9.87. The van der Waals surface area contributed by atoms with Crippen molar-refractivity contribution in [3.8, 4) is 5.75 Å². The van der Waals surface area contributed by atoms with Crippen LogP contribution in [0.5, 0.6) is 5.75 Å². The van der Waals surface area contributed by atoms with E-state index in [0.29, 0.717) is 23.5 Å². The second-order valence-corrected chi connectivity index (χ2v) is 8.54. The number of rotatable bonds is 10. The maximum Gasteiger partial charge on any atom is 0.330 e. The molecule has 0 aliphatic heterocycles. The number of nitrogens with two attached hydrogens (primary N) is 2. The molecule has 7 heteroatoms. The van der Waals surface area contributed by atoms with Gasteiger partial charge >= 0.3 is 11.9 Å². The normalized spacial score (nSPS) is 18.0. The number of hydrogen-bond donors (Lipinski definition) is 2. The Hall–Kier alpha value is -3.32. The zero-order chi connectivity index (χ0) is 24.3. The maximum atomic E-state index is 12.5. The molecular weight excluding hydrogens is 432 g/mol. The van der Waals surface area contributed by atoms with Gasteiger partial charge in [-0.3, -0.25) is 4.79 Å². The molecule has 182 valence electrons. The Kier molecular flexibility index (Phi) is 9.52. The number of carbonyl (C=O) groups excluding carboxylic acids is 2. The van der Waals surface area contributed by atoms with Crippen LogP contribution in [0.1, 0.15) is 50.2 Å². The van der Waals surface area contributed by atoms with Crippen molar-refractivity contribution in [3.05, 3.63) is 59.7 Å². The molecule has 0 amide bonds. The molecule has 34 heavy (non-hydrogen) atoms. The van der Waals surface area contributed by atoms with Crippen LogP contribution in [-0.2, 0) is 25.5 Å². The number of esters is 2. The zero-order valence-electron chi connectivity index (χ0n) is 19.7. The molecule has 0 unspecified atom stereocenters. The van der Waals surface area contributed by atoms with E-state index in [-0.39, 0.29) is 24.6 Å². The summed E-state index contributed by atoms with van der Waals surface area (Å²) in [7, 11) is 0. The maximum absolute atomic E-state index is 12.5. The third kappa shape index (κ3) is 7.92. The summed E-state index contributed by atoms with van der Waals surface area (Å²) in [6.07, 6.45) is 8.18. The van der Waals surface area contributed by atoms with E-state index < -0.39 is 5.97 Å². The highest BCUT2D eigenvalue weighted by Crippen LogP contribution is 2.28. The van der Waals surface area contributed by atoms with Gasteiger partial charge in [0.2, 0.25) is 0 Å². The Labute approximate surface area is 201 Å². The van der Waals surface area contributed by atoms with Gasteiger partial charge in [-0.05, 0) is 73.6 Å². The van der Waals surface area contributed by atoms with Gasteiger partial charge in [0.1, 0.15) is 5.75 Å². The van der Waals surface area contributed by atoms with E-state index in [1.807, 2.05) is 6.07 Å². The number of ether oxygens (including phenoxy) is 3. The van der Waals surface area contributed by atoms with Gasteiger partial charge in [0.25, 0.3) is 0 Å². The van der Waals surface area contributed by atoms with Gasteiger partial charge in [0, 0.05) is 30.5 Å². The van der Waals surface area contributed by atoms with Gasteiger partial charge in [-0.2, -0.15) is 0 Å². The van der Waals surface area contributed by atoms with Crippen molar-refractivity contribution in [2.45, 2.75) is 51.6 Å². The highest BCUT2D eigenvalue weighted by molar-refractivity contribution is 5.87. The largest absolute Gasteiger partial charge is 0.462 e. The molecule has 2 aromatic carbocycles. The number of benzene rings is 2. The van der Waals surface area contributed by atoms with Gasteiger partial charge in [-0.25, -0.2) is 4.79 Å². The van der Waals surface area contributed by atoms with Crippen LogP contribution >= 0.6 is 0 Å². The van der Waals surface area contributed by atoms with Crippen LogP contribution in [0.4, 0.5) is 11.4 Å². The Bertz CT molecular complexity index is 979. The van der Waals surface area contributed by atoms with Gasteiger partial charge in [-0.1, -0.05) is 25.1 Å². The average Bonchev–Trinajstić information content (AvgIpc) is 2.84. The second kappa shape index (κ2) is 12.8. The summed E-state index contributed by atoms with van der Waals surface area (Å²) in [4.78, 5) is 24.5. The van der Waals surface area contributed by atoms with Crippen molar-refractivity contribution in [3.63, 3.8) is 0 Å². The highest BCUT2D eigenvalue weighted by atomic mass is 16.5. The average molecular weight is 467 g/mol. The third-order valence-electron chi connectivity index (χ3n) is 5.86. The summed E-state index contributed by atoms with van der Waals surface area (Å²) < 4.78 is 16.6. The van der Waals surface area contributed by atoms with Gasteiger partial charge < -0.3 is 25.7 Å². The van der Waals surface area contributed by atoms with Crippen molar-refractivity contribution < 1.29 is 23.8 Å². The molecule has 1 saturated carbocycles. The van der Waals surface area contributed by atoms with Crippen LogP contribution in [0.25, 0.3) is 6.08 Å². The SMILES string of the molecule is CCCOC1CCC(C(=O)Oc2ccc(/C=C/C(=O)OCCc3ccc(N)cc3N)cc2)CC1. The number of carbonyl (C=O) groups is 2. The van der Waals surface area contributed by atoms with Crippen molar-refractivity contribution in [2.75, 3.05) is 24.7 Å². The van der Waals surface area contributed by atoms with E-state index in [9.17, 15) is 9.59 Å². The molecule has 3 rings (SSSR count). The molecule has 0 bridgehead atoms. The van der Waals surface area contributed by atoms with Gasteiger partial charge in [0.05, 0.1) is 18.6 Å². The smallest absolute Gasteiger partial charge is 0.330 e. The summed E-state index contributed by atoms with van der Waals surface area (Å²) in [6, 6.07) is 12.3. The van der Waals surface area contributed by atoms with Crippen LogP contribution < -0.4 is 16.2 Å². The van der Waals surface area contributed by atoms with Crippen LogP contribution in [0.2, 0.25) is 0 Å². The van der Waals surface area contributed by atoms with Crippen molar-refractivity contribution in [1.29, 1.82) is 0 Å². The molecule has 0 spiro atoms. The fourth-order valence-corrected chi connectivity index (χ4v) is 3.91. The molecule has 0 atom stereocenters. The summed E-state index contributed by atoms with van der Waals surface area (Å²) in [5.41, 5.74) is 14.5. The number of hydrogen-bond acceptors (Lipinski definition) is 7. The quantitative estimate of drug-likeness (QED) is 0.229. The van der Waals surface area contributed by atoms with Crippen LogP contribution in [-0.4, -0.2) is 31.3 Å². The van der Waals surface area contributed by atoms with Crippen molar-refractivity contribution >= 4 is 29.4 Å². The molecule has 1 fully saturated rings. The first-order chi connectivity index (χ1) is 16.4. The van der Waals surface area contributed by atoms with Crippen LogP contribution in [0, 0.1) is 5.92 Å². The van der Waals surface area contributed by atoms with E-state index in [4.69, 9.17) is 25.7 Å². The van der Waals surface area contributed by atoms with E-state index in [2.05, 4.69) is 6.92 Å². The predicted molar refractivity (Wildman–Crippen MR) is 133 cm³/mol. The third-order valence-corrected chi connectivity index (χ3v) is 5.86. The van der Waals surface area contributed by atoms with Gasteiger partial charge in [0.15, 0.2) is 0 Å². The molecule has 2 aromatic rings. The second-order valence-electron chi connectivity index (χ2n) is 8.54. The van der Waals surface area contributed by atoms with Crippen molar-refractivity contribution in [2.24, 2.45) is 5.92 Å². The first-order valence-electron chi connectivity index (χ1n) is 11.9. The highest BCUT2D eigenvalue weighted by Gasteiger charge is 2.28. The van der Waals surface area contributed by atoms with Crippen molar-refractivity contribution in [1.82, 2.24) is 0 Å². The monoisotopic (exact) mass is 466 g/mol. The van der Waals surface area contributed by atoms with Crippen LogP contribution in [0.3, 0.4) is 0 Å². The fraction of sp³-hybridized carbons (Fsp3) is 0.407. The Morgan fingerprint density at radius 2 is 1.74 bits per heavy atom. The Morgan fingerprint density at radius 1 is 1.00 bits per heavy atom. The molecule has 0 aromatic heterocycles. The lowest BCUT2D eigenvalue weighted by molar-refractivity contribution is -0.141. The molecule has 0 heterocycles. The summed E-state index contributed by atoms with van der Waals surface area (Å²) >= 11 is 0. The standard InChI is InChI=1S/C27H34N2O5/c1-2-16-32-23-12-7-21(8-13-23)27(31)34-24-10-3-19(4-11-24)5-14-26(30)33-17-15-20-6-9-22(28)18-25(20)29/h3-6,9-11,14,18,21,23H,2,7-8,12-13,15-17,28-29H2,1H3/b14-5+. The van der Waals surface area contributed by atoms with E-state index >= 15 is 0 Å². The van der Waals surface area contributed by atoms with E-state index in [0.717, 1.165) is 49.8 Å². The van der Waals surface area contributed by atoms with Crippen LogP contribution in [0.15, 0.2) is 48.5 Å². The lowest BCUT2D eigenvalue weighted by Gasteiger charge is -2.27. The Balaban J connectivity index is 1.39. The van der Waals surface area contributed by atoms with E-state index in [1.54, 1.807) is 42.5 Å². The summed E-state index contributed by atoms with van der Waals surface area (Å²) in [5, 5.41) is 0. The predicted octanol–water partition coefficient (Wildman–Crippen LogP) is 4.54. The molecule has 7 nitrogen and oxygen atoms in total. The van der Waals surface area contributed by atoms with E-state index in [1.165, 1.54) is 6.08 Å². The lowest BCUT2D eigenvalue weighted by Crippen LogP contribution is -2.29.